The van der Waals surface area contributed by atoms with E-state index in [1.54, 1.807) is 24.3 Å². The van der Waals surface area contributed by atoms with Crippen LogP contribution in [0.1, 0.15) is 57.4 Å². The van der Waals surface area contributed by atoms with E-state index in [1.807, 2.05) is 48.6 Å². The molecule has 0 amide bonds. The molecule has 1 aromatic carbocycles. The highest BCUT2D eigenvalue weighted by molar-refractivity contribution is 5.75. The van der Waals surface area contributed by atoms with Crippen LogP contribution >= 0.6 is 0 Å². The molecule has 0 unspecified atom stereocenters. The van der Waals surface area contributed by atoms with Gasteiger partial charge in [0, 0.05) is 6.42 Å². The van der Waals surface area contributed by atoms with Gasteiger partial charge in [0.1, 0.15) is 0 Å². The Morgan fingerprint density at radius 1 is 0.969 bits per heavy atom. The number of rotatable bonds is 15. The highest BCUT2D eigenvalue weighted by atomic mass is 16.5. The molecule has 0 saturated carbocycles. The van der Waals surface area contributed by atoms with E-state index in [9.17, 15) is 20.1 Å². The number of hydrogen-bond donors (Lipinski definition) is 3. The Labute approximate surface area is 192 Å². The molecule has 0 heterocycles. The van der Waals surface area contributed by atoms with Crippen molar-refractivity contribution in [3.63, 3.8) is 0 Å². The van der Waals surface area contributed by atoms with Crippen molar-refractivity contribution in [3.05, 3.63) is 78.4 Å². The summed E-state index contributed by atoms with van der Waals surface area (Å²) in [5, 5.41) is 30.2. The molecular formula is C27H38O5. The highest BCUT2D eigenvalue weighted by Gasteiger charge is 2.11. The van der Waals surface area contributed by atoms with Gasteiger partial charge in [-0.3, -0.25) is 4.79 Å². The summed E-state index contributed by atoms with van der Waals surface area (Å²) in [5.74, 6) is -0.273. The Hall–Kier alpha value is -2.47. The van der Waals surface area contributed by atoms with Crippen molar-refractivity contribution in [2.45, 2.75) is 70.2 Å². The first-order valence-corrected chi connectivity index (χ1v) is 11.4. The number of aliphatic hydroxyl groups excluding tert-OH is 3. The fourth-order valence-electron chi connectivity index (χ4n) is 3.06. The zero-order valence-corrected chi connectivity index (χ0v) is 19.3. The van der Waals surface area contributed by atoms with Crippen molar-refractivity contribution in [1.82, 2.24) is 0 Å². The summed E-state index contributed by atoms with van der Waals surface area (Å²) in [5.41, 5.74) is 1.94. The summed E-state index contributed by atoms with van der Waals surface area (Å²) in [4.78, 5) is 11.1. The van der Waals surface area contributed by atoms with Crippen molar-refractivity contribution in [2.24, 2.45) is 0 Å². The number of carbonyl (C=O) groups excluding carboxylic acids is 1. The number of carbonyl (C=O) groups is 1. The van der Waals surface area contributed by atoms with Gasteiger partial charge in [-0.25, -0.2) is 0 Å². The zero-order chi connectivity index (χ0) is 23.6. The van der Waals surface area contributed by atoms with Crippen LogP contribution in [-0.2, 0) is 9.53 Å². The molecule has 176 valence electrons. The lowest BCUT2D eigenvalue weighted by atomic mass is 10.0. The standard InChI is InChI=1S/C27H38O5/c1-3-4-6-19-25(29)26(30)20-11-16-23(22-13-7-5-8-14-22)15-9-10-17-24(28)18-12-21-27(31)32-2/h5,7-11,13-17,20,24-26,28-30H,3-4,6,12,18-19,21H2,1-2H3/b15-9-,17-10+,20-11+,23-16-/t24-,25+,26-/m1/s1. The number of allylic oxidation sites excluding steroid dienone is 6. The fraction of sp³-hybridized carbons (Fsp3) is 0.444. The van der Waals surface area contributed by atoms with Crippen molar-refractivity contribution in [3.8, 4) is 0 Å². The number of hydrogen-bond acceptors (Lipinski definition) is 5. The summed E-state index contributed by atoms with van der Waals surface area (Å²) in [6.45, 7) is 2.10. The molecule has 0 aliphatic carbocycles. The number of aliphatic hydroxyl groups is 3. The van der Waals surface area contributed by atoms with Crippen molar-refractivity contribution < 1.29 is 24.9 Å². The van der Waals surface area contributed by atoms with E-state index in [2.05, 4.69) is 11.7 Å². The van der Waals surface area contributed by atoms with Crippen LogP contribution in [0.15, 0.2) is 72.9 Å². The quantitative estimate of drug-likeness (QED) is 0.207. The van der Waals surface area contributed by atoms with E-state index in [4.69, 9.17) is 0 Å². The summed E-state index contributed by atoms with van der Waals surface area (Å²) >= 11 is 0. The van der Waals surface area contributed by atoms with E-state index >= 15 is 0 Å². The average Bonchev–Trinajstić information content (AvgIpc) is 2.80. The summed E-state index contributed by atoms with van der Waals surface area (Å²) in [6.07, 6.45) is 15.1. The zero-order valence-electron chi connectivity index (χ0n) is 19.3. The second-order valence-corrected chi connectivity index (χ2v) is 7.71. The summed E-state index contributed by atoms with van der Waals surface area (Å²) < 4.78 is 4.59. The highest BCUT2D eigenvalue weighted by Crippen LogP contribution is 2.16. The number of benzene rings is 1. The second-order valence-electron chi connectivity index (χ2n) is 7.71. The molecule has 3 N–H and O–H groups in total. The Kier molecular flexibility index (Phi) is 14.8. The molecule has 32 heavy (non-hydrogen) atoms. The van der Waals surface area contributed by atoms with Gasteiger partial charge in [0.05, 0.1) is 25.4 Å². The average molecular weight is 443 g/mol. The minimum absolute atomic E-state index is 0.273. The molecule has 5 nitrogen and oxygen atoms in total. The first kappa shape index (κ1) is 27.6. The molecule has 0 bridgehead atoms. The molecule has 1 aromatic rings. The first-order chi connectivity index (χ1) is 15.5. The predicted octanol–water partition coefficient (Wildman–Crippen LogP) is 4.74. The third kappa shape index (κ3) is 12.4. The molecule has 3 atom stereocenters. The van der Waals surface area contributed by atoms with E-state index in [1.165, 1.54) is 7.11 Å². The van der Waals surface area contributed by atoms with Gasteiger partial charge in [-0.15, -0.1) is 0 Å². The molecule has 0 aliphatic rings. The van der Waals surface area contributed by atoms with Crippen molar-refractivity contribution >= 4 is 11.5 Å². The van der Waals surface area contributed by atoms with Gasteiger partial charge in [0.15, 0.2) is 0 Å². The lowest BCUT2D eigenvalue weighted by Gasteiger charge is -2.13. The van der Waals surface area contributed by atoms with Gasteiger partial charge in [-0.05, 0) is 30.4 Å². The SMILES string of the molecule is CCCCC[C@H](O)[C@H](O)/C=C/C=C(/C=C\C=C\[C@@H](O)CCCC(=O)OC)c1ccccc1. The first-order valence-electron chi connectivity index (χ1n) is 11.4. The molecule has 1 rings (SSSR count). The largest absolute Gasteiger partial charge is 0.469 e. The van der Waals surface area contributed by atoms with Crippen LogP contribution in [-0.4, -0.2) is 46.7 Å². The molecular weight excluding hydrogens is 404 g/mol. The van der Waals surface area contributed by atoms with Gasteiger partial charge in [-0.1, -0.05) is 99.1 Å². The van der Waals surface area contributed by atoms with E-state index in [0.29, 0.717) is 25.7 Å². The second kappa shape index (κ2) is 17.1. The van der Waals surface area contributed by atoms with Crippen LogP contribution in [0.25, 0.3) is 5.57 Å². The summed E-state index contributed by atoms with van der Waals surface area (Å²) in [7, 11) is 1.35. The maximum absolute atomic E-state index is 11.1. The van der Waals surface area contributed by atoms with Crippen LogP contribution in [0.4, 0.5) is 0 Å². The molecule has 0 fully saturated rings. The van der Waals surface area contributed by atoms with E-state index in [-0.39, 0.29) is 5.97 Å². The molecule has 0 spiro atoms. The van der Waals surface area contributed by atoms with Crippen molar-refractivity contribution in [1.29, 1.82) is 0 Å². The van der Waals surface area contributed by atoms with Gasteiger partial charge in [0.2, 0.25) is 0 Å². The van der Waals surface area contributed by atoms with Crippen LogP contribution in [0.5, 0.6) is 0 Å². The van der Waals surface area contributed by atoms with Crippen molar-refractivity contribution in [2.75, 3.05) is 7.11 Å². The smallest absolute Gasteiger partial charge is 0.305 e. The Morgan fingerprint density at radius 2 is 1.72 bits per heavy atom. The fourth-order valence-corrected chi connectivity index (χ4v) is 3.06. The van der Waals surface area contributed by atoms with Gasteiger partial charge >= 0.3 is 5.97 Å². The Morgan fingerprint density at radius 3 is 2.41 bits per heavy atom. The van der Waals surface area contributed by atoms with Gasteiger partial charge < -0.3 is 20.1 Å². The van der Waals surface area contributed by atoms with Gasteiger partial charge in [0.25, 0.3) is 0 Å². The third-order valence-corrected chi connectivity index (χ3v) is 5.02. The van der Waals surface area contributed by atoms with E-state index < -0.39 is 18.3 Å². The minimum atomic E-state index is -0.899. The lowest BCUT2D eigenvalue weighted by Crippen LogP contribution is -2.23. The number of ether oxygens (including phenoxy) is 1. The maximum Gasteiger partial charge on any atom is 0.305 e. The predicted molar refractivity (Wildman–Crippen MR) is 130 cm³/mol. The monoisotopic (exact) mass is 442 g/mol. The van der Waals surface area contributed by atoms with Gasteiger partial charge in [-0.2, -0.15) is 0 Å². The normalized spacial score (nSPS) is 15.5. The maximum atomic E-state index is 11.1. The van der Waals surface area contributed by atoms with Crippen LogP contribution in [0.2, 0.25) is 0 Å². The van der Waals surface area contributed by atoms with Crippen LogP contribution in [0.3, 0.4) is 0 Å². The van der Waals surface area contributed by atoms with Crippen LogP contribution < -0.4 is 0 Å². The number of esters is 1. The molecule has 0 aliphatic heterocycles. The third-order valence-electron chi connectivity index (χ3n) is 5.02. The van der Waals surface area contributed by atoms with E-state index in [0.717, 1.165) is 30.4 Å². The lowest BCUT2D eigenvalue weighted by molar-refractivity contribution is -0.140. The number of methoxy groups -OCH3 is 1. The summed E-state index contributed by atoms with van der Waals surface area (Å²) in [6, 6.07) is 9.83. The minimum Gasteiger partial charge on any atom is -0.469 e. The Bertz CT molecular complexity index is 749. The topological polar surface area (TPSA) is 87.0 Å². The number of unbranched alkanes of at least 4 members (excludes halogenated alkanes) is 2. The Balaban J connectivity index is 2.72. The molecule has 0 aromatic heterocycles. The van der Waals surface area contributed by atoms with Crippen LogP contribution in [0, 0.1) is 0 Å². The molecule has 0 radical (unpaired) electrons. The molecule has 5 heteroatoms. The molecule has 0 saturated heterocycles.